The zero-order chi connectivity index (χ0) is 13.8. The predicted molar refractivity (Wildman–Crippen MR) is 76.9 cm³/mol. The standard InChI is InChI=1S/C14H10FIO3/c15-10-6-7-11(13(16)12(10)14(17)18)19-8-9-4-2-1-3-5-9/h1-7H,8H2,(H,17,18). The Morgan fingerprint density at radius 2 is 1.89 bits per heavy atom. The van der Waals surface area contributed by atoms with Crippen molar-refractivity contribution in [3.05, 3.63) is 63.0 Å². The average Bonchev–Trinajstić information content (AvgIpc) is 2.38. The molecule has 0 radical (unpaired) electrons. The maximum atomic E-state index is 13.4. The summed E-state index contributed by atoms with van der Waals surface area (Å²) in [6.07, 6.45) is 0. The Balaban J connectivity index is 2.22. The van der Waals surface area contributed by atoms with Gasteiger partial charge in [-0.05, 0) is 40.3 Å². The first-order chi connectivity index (χ1) is 9.09. The van der Waals surface area contributed by atoms with Gasteiger partial charge in [0.25, 0.3) is 0 Å². The van der Waals surface area contributed by atoms with Crippen molar-refractivity contribution in [3.8, 4) is 5.75 Å². The van der Waals surface area contributed by atoms with Gasteiger partial charge in [-0.3, -0.25) is 0 Å². The number of ether oxygens (including phenoxy) is 1. The van der Waals surface area contributed by atoms with Crippen molar-refractivity contribution in [2.24, 2.45) is 0 Å². The van der Waals surface area contributed by atoms with E-state index in [0.29, 0.717) is 12.4 Å². The van der Waals surface area contributed by atoms with E-state index in [1.165, 1.54) is 6.07 Å². The van der Waals surface area contributed by atoms with Crippen LogP contribution in [-0.4, -0.2) is 11.1 Å². The molecular weight excluding hydrogens is 362 g/mol. The number of aromatic carboxylic acids is 1. The van der Waals surface area contributed by atoms with E-state index in [-0.39, 0.29) is 9.13 Å². The summed E-state index contributed by atoms with van der Waals surface area (Å²) in [7, 11) is 0. The summed E-state index contributed by atoms with van der Waals surface area (Å²) in [6.45, 7) is 0.307. The summed E-state index contributed by atoms with van der Waals surface area (Å²) in [6, 6.07) is 12.0. The number of hydrogen-bond acceptors (Lipinski definition) is 2. The zero-order valence-corrected chi connectivity index (χ0v) is 11.9. The first kappa shape index (κ1) is 13.8. The molecule has 0 saturated heterocycles. The minimum atomic E-state index is -1.30. The maximum absolute atomic E-state index is 13.4. The van der Waals surface area contributed by atoms with Crippen LogP contribution in [0, 0.1) is 9.39 Å². The minimum absolute atomic E-state index is 0.265. The van der Waals surface area contributed by atoms with Gasteiger partial charge in [-0.15, -0.1) is 0 Å². The van der Waals surface area contributed by atoms with Crippen molar-refractivity contribution in [2.45, 2.75) is 6.61 Å². The van der Waals surface area contributed by atoms with Crippen LogP contribution < -0.4 is 4.74 Å². The summed E-state index contributed by atoms with van der Waals surface area (Å²) in [5, 5.41) is 8.96. The van der Waals surface area contributed by atoms with Crippen molar-refractivity contribution >= 4 is 28.6 Å². The molecular formula is C14H10FIO3. The average molecular weight is 372 g/mol. The van der Waals surface area contributed by atoms with Crippen molar-refractivity contribution < 1.29 is 19.0 Å². The Hall–Kier alpha value is -1.63. The second-order valence-corrected chi connectivity index (χ2v) is 4.89. The summed E-state index contributed by atoms with van der Waals surface area (Å²) >= 11 is 1.78. The number of carboxylic acid groups (broad SMARTS) is 1. The van der Waals surface area contributed by atoms with Crippen molar-refractivity contribution in [3.63, 3.8) is 0 Å². The highest BCUT2D eigenvalue weighted by atomic mass is 127. The van der Waals surface area contributed by atoms with E-state index in [9.17, 15) is 9.18 Å². The normalized spacial score (nSPS) is 10.2. The highest BCUT2D eigenvalue weighted by molar-refractivity contribution is 14.1. The summed E-state index contributed by atoms with van der Waals surface area (Å²) in [4.78, 5) is 11.0. The second-order valence-electron chi connectivity index (χ2n) is 3.81. The molecule has 2 aromatic carbocycles. The molecule has 0 amide bonds. The highest BCUT2D eigenvalue weighted by Gasteiger charge is 2.18. The first-order valence-electron chi connectivity index (χ1n) is 5.47. The number of halogens is 2. The fourth-order valence-electron chi connectivity index (χ4n) is 1.58. The lowest BCUT2D eigenvalue weighted by Crippen LogP contribution is -2.06. The molecule has 0 aliphatic carbocycles. The van der Waals surface area contributed by atoms with Gasteiger partial charge in [-0.25, -0.2) is 9.18 Å². The van der Waals surface area contributed by atoms with E-state index in [2.05, 4.69) is 0 Å². The van der Waals surface area contributed by atoms with Crippen molar-refractivity contribution in [1.29, 1.82) is 0 Å². The predicted octanol–water partition coefficient (Wildman–Crippen LogP) is 3.71. The van der Waals surface area contributed by atoms with Gasteiger partial charge < -0.3 is 9.84 Å². The zero-order valence-electron chi connectivity index (χ0n) is 9.77. The molecule has 0 heterocycles. The van der Waals surface area contributed by atoms with E-state index in [1.54, 1.807) is 22.6 Å². The smallest absolute Gasteiger partial charge is 0.339 e. The Morgan fingerprint density at radius 3 is 2.53 bits per heavy atom. The van der Waals surface area contributed by atoms with Crippen LogP contribution >= 0.6 is 22.6 Å². The van der Waals surface area contributed by atoms with Crippen LogP contribution in [-0.2, 0) is 6.61 Å². The topological polar surface area (TPSA) is 46.5 Å². The first-order valence-corrected chi connectivity index (χ1v) is 6.55. The molecule has 0 bridgehead atoms. The Labute approximate surface area is 123 Å². The molecule has 2 aromatic rings. The highest BCUT2D eigenvalue weighted by Crippen LogP contribution is 2.27. The van der Waals surface area contributed by atoms with E-state index in [4.69, 9.17) is 9.84 Å². The summed E-state index contributed by atoms with van der Waals surface area (Å²) < 4.78 is 19.2. The van der Waals surface area contributed by atoms with Crippen molar-refractivity contribution in [1.82, 2.24) is 0 Å². The molecule has 2 rings (SSSR count). The molecule has 98 valence electrons. The molecule has 3 nitrogen and oxygen atoms in total. The molecule has 0 saturated carbocycles. The number of benzene rings is 2. The van der Waals surface area contributed by atoms with Crippen LogP contribution in [0.4, 0.5) is 4.39 Å². The molecule has 0 unspecified atom stereocenters. The lowest BCUT2D eigenvalue weighted by Gasteiger charge is -2.10. The third-order valence-electron chi connectivity index (χ3n) is 2.51. The fourth-order valence-corrected chi connectivity index (χ4v) is 2.40. The SMILES string of the molecule is O=C(O)c1c(F)ccc(OCc2ccccc2)c1I. The monoisotopic (exact) mass is 372 g/mol. The van der Waals surface area contributed by atoms with Gasteiger partial charge in [-0.1, -0.05) is 30.3 Å². The maximum Gasteiger partial charge on any atom is 0.339 e. The molecule has 0 spiro atoms. The third kappa shape index (κ3) is 3.23. The van der Waals surface area contributed by atoms with Crippen LogP contribution in [0.1, 0.15) is 15.9 Å². The van der Waals surface area contributed by atoms with Crippen LogP contribution in [0.25, 0.3) is 0 Å². The largest absolute Gasteiger partial charge is 0.488 e. The molecule has 1 N–H and O–H groups in total. The van der Waals surface area contributed by atoms with Crippen molar-refractivity contribution in [2.75, 3.05) is 0 Å². The van der Waals surface area contributed by atoms with Crippen LogP contribution in [0.15, 0.2) is 42.5 Å². The second kappa shape index (κ2) is 6.01. The van der Waals surface area contributed by atoms with Gasteiger partial charge in [0.15, 0.2) is 0 Å². The molecule has 0 aromatic heterocycles. The molecule has 19 heavy (non-hydrogen) atoms. The summed E-state index contributed by atoms with van der Waals surface area (Å²) in [5.41, 5.74) is 0.602. The van der Waals surface area contributed by atoms with Gasteiger partial charge in [-0.2, -0.15) is 0 Å². The van der Waals surface area contributed by atoms with Crippen LogP contribution in [0.5, 0.6) is 5.75 Å². The van der Waals surface area contributed by atoms with E-state index in [0.717, 1.165) is 11.6 Å². The summed E-state index contributed by atoms with van der Waals surface area (Å²) in [5.74, 6) is -1.70. The molecule has 0 aliphatic heterocycles. The van der Waals surface area contributed by atoms with Gasteiger partial charge in [0, 0.05) is 0 Å². The Bertz CT molecular complexity index is 599. The Morgan fingerprint density at radius 1 is 1.21 bits per heavy atom. The fraction of sp³-hybridized carbons (Fsp3) is 0.0714. The molecule has 0 fully saturated rings. The van der Waals surface area contributed by atoms with Gasteiger partial charge in [0.05, 0.1) is 3.57 Å². The lowest BCUT2D eigenvalue weighted by atomic mass is 10.2. The van der Waals surface area contributed by atoms with Gasteiger partial charge >= 0.3 is 5.97 Å². The number of carboxylic acids is 1. The third-order valence-corrected chi connectivity index (χ3v) is 3.58. The number of rotatable bonds is 4. The quantitative estimate of drug-likeness (QED) is 0.833. The number of carbonyl (C=O) groups is 1. The van der Waals surface area contributed by atoms with Gasteiger partial charge in [0.1, 0.15) is 23.7 Å². The van der Waals surface area contributed by atoms with E-state index < -0.39 is 11.8 Å². The van der Waals surface area contributed by atoms with Crippen LogP contribution in [0.3, 0.4) is 0 Å². The minimum Gasteiger partial charge on any atom is -0.488 e. The molecule has 0 atom stereocenters. The molecule has 0 aliphatic rings. The Kier molecular flexibility index (Phi) is 4.36. The van der Waals surface area contributed by atoms with E-state index >= 15 is 0 Å². The molecule has 5 heteroatoms. The van der Waals surface area contributed by atoms with E-state index in [1.807, 2.05) is 30.3 Å². The lowest BCUT2D eigenvalue weighted by molar-refractivity contribution is 0.0690. The van der Waals surface area contributed by atoms with Gasteiger partial charge in [0.2, 0.25) is 0 Å². The number of hydrogen-bond donors (Lipinski definition) is 1. The van der Waals surface area contributed by atoms with Crippen LogP contribution in [0.2, 0.25) is 0 Å².